The average Bonchev–Trinajstić information content (AvgIpc) is 2.71. The molecule has 1 fully saturated rings. The Morgan fingerprint density at radius 1 is 1.00 bits per heavy atom. The predicted octanol–water partition coefficient (Wildman–Crippen LogP) is 2.11. The molecule has 3 rings (SSSR count). The van der Waals surface area contributed by atoms with Crippen LogP contribution < -0.4 is 10.6 Å². The molecule has 0 bridgehead atoms. The summed E-state index contributed by atoms with van der Waals surface area (Å²) in [6.45, 7) is 9.59. The number of fused-ring (bicyclic) bond motifs is 1. The largest absolute Gasteiger partial charge is 0.394 e. The summed E-state index contributed by atoms with van der Waals surface area (Å²) in [5.41, 5.74) is 8.54. The summed E-state index contributed by atoms with van der Waals surface area (Å²) in [5, 5.41) is 4.77. The van der Waals surface area contributed by atoms with Gasteiger partial charge in [-0.25, -0.2) is 0 Å². The first-order valence-corrected chi connectivity index (χ1v) is 8.49. The highest BCUT2D eigenvalue weighted by Gasteiger charge is 2.26. The van der Waals surface area contributed by atoms with E-state index in [2.05, 4.69) is 23.7 Å². The number of aryl methyl sites for hydroxylation is 1. The highest BCUT2D eigenvalue weighted by molar-refractivity contribution is 5.66. The van der Waals surface area contributed by atoms with Crippen LogP contribution in [0.25, 0.3) is 0 Å². The molecule has 5 heteroatoms. The van der Waals surface area contributed by atoms with Crippen molar-refractivity contribution in [2.45, 2.75) is 46.1 Å². The monoisotopic (exact) mass is 294 g/mol. The molecule has 0 unspecified atom stereocenters. The highest BCUT2D eigenvalue weighted by atomic mass is 15.4. The third-order valence-corrected chi connectivity index (χ3v) is 4.58. The van der Waals surface area contributed by atoms with E-state index < -0.39 is 0 Å². The third-order valence-electron chi connectivity index (χ3n) is 4.58. The molecule has 0 amide bonds. The number of likely N-dealkylation sites (N-methyl/N-ethyl adjacent to an activating group) is 1. The Kier molecular flexibility index (Phi) is 5.14. The zero-order valence-electron chi connectivity index (χ0n) is 14.2. The number of nitrogens with zero attached hydrogens (tertiary/aromatic N) is 4. The fraction of sp³-hybridized carbons (Fsp3) is 0.812. The number of hydrogen-bond acceptors (Lipinski definition) is 3. The summed E-state index contributed by atoms with van der Waals surface area (Å²) in [6, 6.07) is 0. The normalized spacial score (nSPS) is 21.0. The van der Waals surface area contributed by atoms with E-state index in [-0.39, 0.29) is 0 Å². The van der Waals surface area contributed by atoms with Crippen LogP contribution in [0.3, 0.4) is 0 Å². The lowest BCUT2D eigenvalue weighted by molar-refractivity contribution is -0.887. The summed E-state index contributed by atoms with van der Waals surface area (Å²) >= 11 is 0. The molecule has 120 valence electrons. The lowest BCUT2D eigenvalue weighted by atomic mass is 10.1. The van der Waals surface area contributed by atoms with Crippen LogP contribution in [0.15, 0.2) is 0 Å². The predicted molar refractivity (Wildman–Crippen MR) is 89.6 cm³/mol. The Hall–Kier alpha value is -1.23. The second-order valence-electron chi connectivity index (χ2n) is 6.59. The van der Waals surface area contributed by atoms with Gasteiger partial charge in [0.25, 0.3) is 0 Å². The number of aromatic nitrogens is 2. The van der Waals surface area contributed by atoms with Gasteiger partial charge in [-0.1, -0.05) is 13.8 Å². The van der Waals surface area contributed by atoms with Crippen molar-refractivity contribution in [2.24, 2.45) is 0 Å². The van der Waals surface area contributed by atoms with Crippen molar-refractivity contribution < 1.29 is 4.48 Å². The SMILES string of the molecule is CC.C[N+]1(C)CCCN(c2nn3c(c2N)CCCC3)CC1. The van der Waals surface area contributed by atoms with Gasteiger partial charge in [0.2, 0.25) is 0 Å². The van der Waals surface area contributed by atoms with Crippen LogP contribution in [0.4, 0.5) is 11.5 Å². The molecule has 5 nitrogen and oxygen atoms in total. The van der Waals surface area contributed by atoms with Gasteiger partial charge in [0.05, 0.1) is 45.1 Å². The van der Waals surface area contributed by atoms with Crippen molar-refractivity contribution in [3.8, 4) is 0 Å². The number of nitrogen functional groups attached to an aromatic ring is 1. The molecule has 2 aliphatic heterocycles. The van der Waals surface area contributed by atoms with E-state index in [1.165, 1.54) is 38.0 Å². The van der Waals surface area contributed by atoms with Crippen molar-refractivity contribution in [3.05, 3.63) is 5.69 Å². The molecule has 2 aliphatic rings. The van der Waals surface area contributed by atoms with Crippen LogP contribution in [-0.2, 0) is 13.0 Å². The molecule has 21 heavy (non-hydrogen) atoms. The molecule has 0 aliphatic carbocycles. The topological polar surface area (TPSA) is 47.1 Å². The molecular formula is C16H32N5+. The van der Waals surface area contributed by atoms with E-state index in [1.807, 2.05) is 13.8 Å². The third kappa shape index (κ3) is 3.51. The number of quaternary nitrogens is 1. The molecule has 0 aromatic carbocycles. The minimum atomic E-state index is 0.937. The zero-order chi connectivity index (χ0) is 15.5. The lowest BCUT2D eigenvalue weighted by Crippen LogP contribution is -2.42. The van der Waals surface area contributed by atoms with Gasteiger partial charge in [-0.3, -0.25) is 4.68 Å². The van der Waals surface area contributed by atoms with E-state index >= 15 is 0 Å². The highest BCUT2D eigenvalue weighted by Crippen LogP contribution is 2.30. The molecule has 1 saturated heterocycles. The quantitative estimate of drug-likeness (QED) is 0.807. The van der Waals surface area contributed by atoms with Crippen LogP contribution in [0.5, 0.6) is 0 Å². The number of anilines is 2. The van der Waals surface area contributed by atoms with Gasteiger partial charge in [-0.2, -0.15) is 5.10 Å². The van der Waals surface area contributed by atoms with E-state index in [4.69, 9.17) is 10.8 Å². The fourth-order valence-electron chi connectivity index (χ4n) is 3.25. The first kappa shape index (κ1) is 16.1. The van der Waals surface area contributed by atoms with Crippen molar-refractivity contribution in [2.75, 3.05) is 50.9 Å². The maximum atomic E-state index is 6.34. The van der Waals surface area contributed by atoms with E-state index in [0.29, 0.717) is 0 Å². The zero-order valence-corrected chi connectivity index (χ0v) is 14.2. The summed E-state index contributed by atoms with van der Waals surface area (Å²) < 4.78 is 3.24. The second-order valence-corrected chi connectivity index (χ2v) is 6.59. The molecule has 0 atom stereocenters. The molecule has 0 spiro atoms. The van der Waals surface area contributed by atoms with E-state index in [9.17, 15) is 0 Å². The Balaban J connectivity index is 0.000000774. The molecular weight excluding hydrogens is 262 g/mol. The van der Waals surface area contributed by atoms with Crippen molar-refractivity contribution in [3.63, 3.8) is 0 Å². The van der Waals surface area contributed by atoms with Gasteiger partial charge in [0.1, 0.15) is 0 Å². The van der Waals surface area contributed by atoms with Gasteiger partial charge in [0.15, 0.2) is 5.82 Å². The van der Waals surface area contributed by atoms with Crippen molar-refractivity contribution >= 4 is 11.5 Å². The Labute approximate surface area is 129 Å². The van der Waals surface area contributed by atoms with Gasteiger partial charge in [-0.15, -0.1) is 0 Å². The lowest BCUT2D eigenvalue weighted by Gasteiger charge is -2.28. The number of nitrogens with two attached hydrogens (primary N) is 1. The summed E-state index contributed by atoms with van der Waals surface area (Å²) in [4.78, 5) is 2.40. The van der Waals surface area contributed by atoms with E-state index in [1.54, 1.807) is 0 Å². The van der Waals surface area contributed by atoms with E-state index in [0.717, 1.165) is 42.0 Å². The molecule has 0 saturated carbocycles. The Bertz CT molecular complexity index is 463. The first-order chi connectivity index (χ1) is 10.1. The molecule has 1 aromatic rings. The van der Waals surface area contributed by atoms with Gasteiger partial charge in [-0.05, 0) is 19.3 Å². The van der Waals surface area contributed by atoms with Gasteiger partial charge < -0.3 is 15.1 Å². The molecule has 0 radical (unpaired) electrons. The molecule has 2 N–H and O–H groups in total. The first-order valence-electron chi connectivity index (χ1n) is 8.49. The van der Waals surface area contributed by atoms with Gasteiger partial charge >= 0.3 is 0 Å². The van der Waals surface area contributed by atoms with Crippen LogP contribution in [0, 0.1) is 0 Å². The van der Waals surface area contributed by atoms with Crippen LogP contribution in [0.2, 0.25) is 0 Å². The van der Waals surface area contributed by atoms with Crippen LogP contribution >= 0.6 is 0 Å². The minimum absolute atomic E-state index is 0.937. The summed E-state index contributed by atoms with van der Waals surface area (Å²) in [6.07, 6.45) is 4.79. The minimum Gasteiger partial charge on any atom is -0.394 e. The molecule has 1 aromatic heterocycles. The van der Waals surface area contributed by atoms with Crippen molar-refractivity contribution in [1.82, 2.24) is 9.78 Å². The van der Waals surface area contributed by atoms with Crippen LogP contribution in [-0.4, -0.2) is 54.5 Å². The van der Waals surface area contributed by atoms with Crippen molar-refractivity contribution in [1.29, 1.82) is 0 Å². The maximum Gasteiger partial charge on any atom is 0.174 e. The summed E-state index contributed by atoms with van der Waals surface area (Å²) in [5.74, 6) is 1.04. The summed E-state index contributed by atoms with van der Waals surface area (Å²) in [7, 11) is 4.62. The fourth-order valence-corrected chi connectivity index (χ4v) is 3.25. The number of rotatable bonds is 1. The average molecular weight is 294 g/mol. The second kappa shape index (κ2) is 6.69. The Morgan fingerprint density at radius 3 is 2.48 bits per heavy atom. The maximum absolute atomic E-state index is 6.34. The molecule has 3 heterocycles. The smallest absolute Gasteiger partial charge is 0.174 e. The van der Waals surface area contributed by atoms with Gasteiger partial charge in [0, 0.05) is 19.5 Å². The standard InChI is InChI=1S/C14H26N5.C2H6/c1-19(2)10-5-7-17(9-11-19)14-13(15)12-6-3-4-8-18(12)16-14;1-2/h3-11,15H2,1-2H3;1-2H3/q+1;. The van der Waals surface area contributed by atoms with Crippen LogP contribution in [0.1, 0.15) is 38.8 Å². The Morgan fingerprint density at radius 2 is 1.76 bits per heavy atom. The number of hydrogen-bond donors (Lipinski definition) is 1.